The molecule has 2 aromatic heterocycles. The molecule has 1 aromatic carbocycles. The number of nitrogens with one attached hydrogen (secondary N) is 2. The molecule has 26 heavy (non-hydrogen) atoms. The van der Waals surface area contributed by atoms with E-state index in [2.05, 4.69) is 20.6 Å². The molecule has 2 N–H and O–H groups in total. The fourth-order valence-corrected chi connectivity index (χ4v) is 3.11. The average Bonchev–Trinajstić information content (AvgIpc) is 3.59. The molecular formula is C20H21N5O. The van der Waals surface area contributed by atoms with E-state index < -0.39 is 0 Å². The molecule has 2 saturated carbocycles. The standard InChI is InChI=1S/C20H21N5O/c26-20(24-16-7-8-16)15-5-3-14(4-6-15)17-12-23-19-18(21-9-10-25(17)19)22-11-13-1-2-13/h3-6,9-10,12-13,16H,1-2,7-8,11H2,(H,21,22)(H,24,26). The van der Waals surface area contributed by atoms with Gasteiger partial charge >= 0.3 is 0 Å². The quantitative estimate of drug-likeness (QED) is 0.719. The Morgan fingerprint density at radius 1 is 1.12 bits per heavy atom. The molecule has 3 aromatic rings. The molecule has 1 amide bonds. The molecule has 132 valence electrons. The summed E-state index contributed by atoms with van der Waals surface area (Å²) in [6.07, 6.45) is 10.4. The van der Waals surface area contributed by atoms with Gasteiger partial charge < -0.3 is 10.6 Å². The smallest absolute Gasteiger partial charge is 0.251 e. The fourth-order valence-electron chi connectivity index (χ4n) is 3.11. The Morgan fingerprint density at radius 3 is 2.65 bits per heavy atom. The number of imidazole rings is 1. The summed E-state index contributed by atoms with van der Waals surface area (Å²) in [6, 6.07) is 8.07. The zero-order valence-electron chi connectivity index (χ0n) is 14.5. The topological polar surface area (TPSA) is 71.3 Å². The first kappa shape index (κ1) is 15.4. The summed E-state index contributed by atoms with van der Waals surface area (Å²) in [5, 5.41) is 6.43. The van der Waals surface area contributed by atoms with E-state index in [1.54, 1.807) is 6.20 Å². The number of rotatable bonds is 6. The van der Waals surface area contributed by atoms with Crippen LogP contribution in [0.2, 0.25) is 0 Å². The largest absolute Gasteiger partial charge is 0.367 e. The van der Waals surface area contributed by atoms with Gasteiger partial charge in [-0.2, -0.15) is 0 Å². The molecule has 0 bridgehead atoms. The molecule has 5 rings (SSSR count). The van der Waals surface area contributed by atoms with Gasteiger partial charge in [-0.25, -0.2) is 9.97 Å². The van der Waals surface area contributed by atoms with E-state index in [0.717, 1.165) is 48.0 Å². The number of aromatic nitrogens is 3. The Kier molecular flexibility index (Phi) is 3.62. The number of carbonyl (C=O) groups excluding carboxylic acids is 1. The second-order valence-electron chi connectivity index (χ2n) is 7.26. The molecule has 2 heterocycles. The number of carbonyl (C=O) groups is 1. The average molecular weight is 347 g/mol. The third-order valence-electron chi connectivity index (χ3n) is 5.04. The van der Waals surface area contributed by atoms with E-state index in [0.29, 0.717) is 11.6 Å². The Balaban J connectivity index is 1.41. The lowest BCUT2D eigenvalue weighted by molar-refractivity contribution is 0.0951. The van der Waals surface area contributed by atoms with Gasteiger partial charge in [-0.1, -0.05) is 12.1 Å². The van der Waals surface area contributed by atoms with Crippen LogP contribution < -0.4 is 10.6 Å². The first-order chi connectivity index (χ1) is 12.8. The zero-order chi connectivity index (χ0) is 17.5. The van der Waals surface area contributed by atoms with Crippen LogP contribution in [0.4, 0.5) is 5.82 Å². The monoisotopic (exact) mass is 347 g/mol. The Labute approximate surface area is 151 Å². The maximum Gasteiger partial charge on any atom is 0.251 e. The van der Waals surface area contributed by atoms with Gasteiger partial charge in [0.1, 0.15) is 0 Å². The number of anilines is 1. The summed E-state index contributed by atoms with van der Waals surface area (Å²) in [5.74, 6) is 1.61. The Morgan fingerprint density at radius 2 is 1.92 bits per heavy atom. The Bertz CT molecular complexity index is 954. The highest BCUT2D eigenvalue weighted by Gasteiger charge is 2.24. The highest BCUT2D eigenvalue weighted by atomic mass is 16.1. The van der Waals surface area contributed by atoms with Crippen molar-refractivity contribution in [1.82, 2.24) is 19.7 Å². The van der Waals surface area contributed by atoms with Crippen LogP contribution in [0.25, 0.3) is 16.9 Å². The summed E-state index contributed by atoms with van der Waals surface area (Å²) in [5.41, 5.74) is 3.55. The minimum absolute atomic E-state index is 0.00737. The minimum Gasteiger partial charge on any atom is -0.367 e. The molecular weight excluding hydrogens is 326 g/mol. The second-order valence-corrected chi connectivity index (χ2v) is 7.26. The lowest BCUT2D eigenvalue weighted by Gasteiger charge is -2.08. The van der Waals surface area contributed by atoms with Crippen molar-refractivity contribution in [3.63, 3.8) is 0 Å². The van der Waals surface area contributed by atoms with Crippen molar-refractivity contribution in [3.05, 3.63) is 48.4 Å². The van der Waals surface area contributed by atoms with Crippen molar-refractivity contribution in [2.75, 3.05) is 11.9 Å². The number of benzene rings is 1. The Hall–Kier alpha value is -2.89. The third kappa shape index (κ3) is 3.03. The van der Waals surface area contributed by atoms with Crippen molar-refractivity contribution in [1.29, 1.82) is 0 Å². The van der Waals surface area contributed by atoms with Gasteiger partial charge in [0.15, 0.2) is 11.5 Å². The molecule has 0 aliphatic heterocycles. The summed E-state index contributed by atoms with van der Waals surface area (Å²) in [7, 11) is 0. The third-order valence-corrected chi connectivity index (χ3v) is 5.04. The summed E-state index contributed by atoms with van der Waals surface area (Å²) < 4.78 is 2.04. The number of hydrogen-bond acceptors (Lipinski definition) is 4. The van der Waals surface area contributed by atoms with Crippen LogP contribution in [0.5, 0.6) is 0 Å². The van der Waals surface area contributed by atoms with Gasteiger partial charge in [-0.3, -0.25) is 9.20 Å². The van der Waals surface area contributed by atoms with E-state index in [4.69, 9.17) is 0 Å². The second kappa shape index (κ2) is 6.12. The van der Waals surface area contributed by atoms with Gasteiger partial charge in [0, 0.05) is 36.1 Å². The molecule has 2 aliphatic rings. The van der Waals surface area contributed by atoms with Crippen molar-refractivity contribution in [2.24, 2.45) is 5.92 Å². The van der Waals surface area contributed by atoms with Gasteiger partial charge in [0.05, 0.1) is 11.9 Å². The molecule has 0 atom stereocenters. The minimum atomic E-state index is 0.00737. The zero-order valence-corrected chi connectivity index (χ0v) is 14.5. The summed E-state index contributed by atoms with van der Waals surface area (Å²) in [4.78, 5) is 21.1. The molecule has 0 saturated heterocycles. The van der Waals surface area contributed by atoms with Gasteiger partial charge in [0.2, 0.25) is 0 Å². The van der Waals surface area contributed by atoms with Crippen molar-refractivity contribution < 1.29 is 4.79 Å². The fraction of sp³-hybridized carbons (Fsp3) is 0.350. The highest BCUT2D eigenvalue weighted by Crippen LogP contribution is 2.30. The number of fused-ring (bicyclic) bond motifs is 1. The van der Waals surface area contributed by atoms with E-state index in [-0.39, 0.29) is 5.91 Å². The normalized spacial score (nSPS) is 16.6. The molecule has 6 nitrogen and oxygen atoms in total. The lowest BCUT2D eigenvalue weighted by Crippen LogP contribution is -2.25. The number of nitrogens with zero attached hydrogens (tertiary/aromatic N) is 3. The van der Waals surface area contributed by atoms with Crippen molar-refractivity contribution in [3.8, 4) is 11.3 Å². The molecule has 2 fully saturated rings. The van der Waals surface area contributed by atoms with E-state index in [9.17, 15) is 4.79 Å². The van der Waals surface area contributed by atoms with Gasteiger partial charge in [-0.15, -0.1) is 0 Å². The van der Waals surface area contributed by atoms with E-state index in [1.165, 1.54) is 12.8 Å². The SMILES string of the molecule is O=C(NC1CC1)c1ccc(-c2cnc3c(NCC4CC4)nccn23)cc1. The first-order valence-electron chi connectivity index (χ1n) is 9.25. The number of amides is 1. The van der Waals surface area contributed by atoms with Crippen molar-refractivity contribution >= 4 is 17.4 Å². The van der Waals surface area contributed by atoms with Crippen LogP contribution in [0.1, 0.15) is 36.0 Å². The van der Waals surface area contributed by atoms with Crippen LogP contribution in [0.3, 0.4) is 0 Å². The molecule has 0 unspecified atom stereocenters. The van der Waals surface area contributed by atoms with Gasteiger partial charge in [0.25, 0.3) is 5.91 Å². The highest BCUT2D eigenvalue weighted by molar-refractivity contribution is 5.95. The van der Waals surface area contributed by atoms with Crippen LogP contribution in [0, 0.1) is 5.92 Å². The van der Waals surface area contributed by atoms with Crippen LogP contribution in [-0.4, -0.2) is 32.9 Å². The van der Waals surface area contributed by atoms with Crippen LogP contribution in [-0.2, 0) is 0 Å². The summed E-state index contributed by atoms with van der Waals surface area (Å²) >= 11 is 0. The predicted molar refractivity (Wildman–Crippen MR) is 100 cm³/mol. The first-order valence-corrected chi connectivity index (χ1v) is 9.25. The van der Waals surface area contributed by atoms with E-state index >= 15 is 0 Å². The predicted octanol–water partition coefficient (Wildman–Crippen LogP) is 3.11. The van der Waals surface area contributed by atoms with Gasteiger partial charge in [-0.05, 0) is 43.7 Å². The lowest BCUT2D eigenvalue weighted by atomic mass is 10.1. The van der Waals surface area contributed by atoms with Crippen molar-refractivity contribution in [2.45, 2.75) is 31.7 Å². The van der Waals surface area contributed by atoms with E-state index in [1.807, 2.05) is 41.1 Å². The van der Waals surface area contributed by atoms with Crippen LogP contribution >= 0.6 is 0 Å². The molecule has 0 spiro atoms. The molecule has 6 heteroatoms. The maximum atomic E-state index is 12.1. The molecule has 2 aliphatic carbocycles. The molecule has 0 radical (unpaired) electrons. The summed E-state index contributed by atoms with van der Waals surface area (Å²) in [6.45, 7) is 0.958. The van der Waals surface area contributed by atoms with Crippen LogP contribution in [0.15, 0.2) is 42.9 Å². The maximum absolute atomic E-state index is 12.1. The number of hydrogen-bond donors (Lipinski definition) is 2.